The molecule has 1 aliphatic rings. The van der Waals surface area contributed by atoms with Crippen molar-refractivity contribution in [1.29, 1.82) is 0 Å². The lowest BCUT2D eigenvalue weighted by molar-refractivity contribution is 0.300. The molecule has 2 atom stereocenters. The van der Waals surface area contributed by atoms with Crippen molar-refractivity contribution < 1.29 is 4.52 Å². The molecule has 1 saturated carbocycles. The standard InChI is InChI=1S/C11H19N3O/c1-3-8-5-4-6-9(7-8)10-13-11(12-2)15-14-10/h8-9H,3-7H2,1-2H3,(H,12,13,14). The summed E-state index contributed by atoms with van der Waals surface area (Å²) >= 11 is 0. The average Bonchev–Trinajstić information content (AvgIpc) is 2.78. The third-order valence-electron chi connectivity index (χ3n) is 3.38. The molecule has 1 heterocycles. The van der Waals surface area contributed by atoms with Crippen LogP contribution in [0.5, 0.6) is 0 Å². The summed E-state index contributed by atoms with van der Waals surface area (Å²) in [5.74, 6) is 2.24. The van der Waals surface area contributed by atoms with Gasteiger partial charge in [0, 0.05) is 13.0 Å². The minimum atomic E-state index is 0.509. The zero-order valence-electron chi connectivity index (χ0n) is 9.49. The smallest absolute Gasteiger partial charge is 0.321 e. The molecule has 0 bridgehead atoms. The van der Waals surface area contributed by atoms with Crippen LogP contribution < -0.4 is 5.32 Å². The van der Waals surface area contributed by atoms with Crippen LogP contribution in [0.4, 0.5) is 6.01 Å². The van der Waals surface area contributed by atoms with Gasteiger partial charge in [0.25, 0.3) is 0 Å². The first-order chi connectivity index (χ1) is 7.33. The molecule has 2 rings (SSSR count). The summed E-state index contributed by atoms with van der Waals surface area (Å²) in [7, 11) is 1.80. The maximum atomic E-state index is 5.06. The quantitative estimate of drug-likeness (QED) is 0.831. The van der Waals surface area contributed by atoms with E-state index >= 15 is 0 Å². The third kappa shape index (κ3) is 2.30. The summed E-state index contributed by atoms with van der Waals surface area (Å²) in [4.78, 5) is 4.33. The molecule has 1 aromatic rings. The molecule has 1 aliphatic carbocycles. The van der Waals surface area contributed by atoms with Crippen LogP contribution in [0.25, 0.3) is 0 Å². The van der Waals surface area contributed by atoms with Crippen LogP contribution in [-0.4, -0.2) is 17.2 Å². The Bertz CT molecular complexity index is 311. The summed E-state index contributed by atoms with van der Waals surface area (Å²) in [5.41, 5.74) is 0. The second kappa shape index (κ2) is 4.64. The molecule has 0 radical (unpaired) electrons. The highest BCUT2D eigenvalue weighted by molar-refractivity contribution is 5.17. The van der Waals surface area contributed by atoms with Gasteiger partial charge in [-0.05, 0) is 18.8 Å². The molecule has 1 N–H and O–H groups in total. The summed E-state index contributed by atoms with van der Waals surface area (Å²) in [6.45, 7) is 2.27. The van der Waals surface area contributed by atoms with Crippen LogP contribution >= 0.6 is 0 Å². The van der Waals surface area contributed by atoms with Gasteiger partial charge in [0.05, 0.1) is 0 Å². The van der Waals surface area contributed by atoms with Gasteiger partial charge < -0.3 is 9.84 Å². The fraction of sp³-hybridized carbons (Fsp3) is 0.818. The number of nitrogens with one attached hydrogen (secondary N) is 1. The highest BCUT2D eigenvalue weighted by Gasteiger charge is 2.25. The number of aromatic nitrogens is 2. The van der Waals surface area contributed by atoms with Crippen LogP contribution in [-0.2, 0) is 0 Å². The van der Waals surface area contributed by atoms with Crippen LogP contribution in [0.1, 0.15) is 50.8 Å². The molecule has 0 amide bonds. The largest absolute Gasteiger partial charge is 0.341 e. The maximum Gasteiger partial charge on any atom is 0.321 e. The number of nitrogens with zero attached hydrogens (tertiary/aromatic N) is 2. The van der Waals surface area contributed by atoms with Crippen LogP contribution in [0.15, 0.2) is 4.52 Å². The summed E-state index contributed by atoms with van der Waals surface area (Å²) in [5, 5.41) is 6.90. The van der Waals surface area contributed by atoms with E-state index in [1.54, 1.807) is 7.05 Å². The first kappa shape index (κ1) is 10.5. The molecule has 84 valence electrons. The van der Waals surface area contributed by atoms with Gasteiger partial charge in [-0.15, -0.1) is 0 Å². The van der Waals surface area contributed by atoms with Crippen molar-refractivity contribution in [2.75, 3.05) is 12.4 Å². The summed E-state index contributed by atoms with van der Waals surface area (Å²) in [6, 6.07) is 0.531. The first-order valence-corrected chi connectivity index (χ1v) is 5.84. The Balaban J connectivity index is 2.03. The van der Waals surface area contributed by atoms with Crippen molar-refractivity contribution in [2.45, 2.75) is 44.9 Å². The molecule has 4 heteroatoms. The lowest BCUT2D eigenvalue weighted by atomic mass is 9.80. The van der Waals surface area contributed by atoms with E-state index in [0.717, 1.165) is 11.7 Å². The van der Waals surface area contributed by atoms with Crippen LogP contribution in [0, 0.1) is 5.92 Å². The zero-order valence-corrected chi connectivity index (χ0v) is 9.49. The molecule has 4 nitrogen and oxygen atoms in total. The van der Waals surface area contributed by atoms with Crippen molar-refractivity contribution in [2.24, 2.45) is 5.92 Å². The first-order valence-electron chi connectivity index (χ1n) is 5.84. The molecule has 0 aliphatic heterocycles. The van der Waals surface area contributed by atoms with Crippen molar-refractivity contribution in [3.8, 4) is 0 Å². The predicted molar refractivity (Wildman–Crippen MR) is 58.8 cm³/mol. The van der Waals surface area contributed by atoms with Crippen molar-refractivity contribution in [1.82, 2.24) is 10.1 Å². The fourth-order valence-electron chi connectivity index (χ4n) is 2.40. The predicted octanol–water partition coefficient (Wildman–Crippen LogP) is 2.80. The van der Waals surface area contributed by atoms with Gasteiger partial charge in [-0.25, -0.2) is 0 Å². The monoisotopic (exact) mass is 209 g/mol. The van der Waals surface area contributed by atoms with E-state index in [1.165, 1.54) is 32.1 Å². The van der Waals surface area contributed by atoms with Gasteiger partial charge in [-0.3, -0.25) is 0 Å². The molecular weight excluding hydrogens is 190 g/mol. The number of hydrogen-bond acceptors (Lipinski definition) is 4. The summed E-state index contributed by atoms with van der Waals surface area (Å²) in [6.07, 6.45) is 6.36. The third-order valence-corrected chi connectivity index (χ3v) is 3.38. The number of hydrogen-bond donors (Lipinski definition) is 1. The minimum absolute atomic E-state index is 0.509. The Labute approximate surface area is 90.4 Å². The normalized spacial score (nSPS) is 26.5. The molecule has 0 aromatic carbocycles. The van der Waals surface area contributed by atoms with Gasteiger partial charge >= 0.3 is 6.01 Å². The molecular formula is C11H19N3O. The Morgan fingerprint density at radius 1 is 1.47 bits per heavy atom. The van der Waals surface area contributed by atoms with Crippen molar-refractivity contribution in [3.05, 3.63) is 5.82 Å². The lowest BCUT2D eigenvalue weighted by Gasteiger charge is -2.25. The Morgan fingerprint density at radius 3 is 3.00 bits per heavy atom. The molecule has 0 spiro atoms. The van der Waals surface area contributed by atoms with Gasteiger partial charge in [0.1, 0.15) is 0 Å². The Kier molecular flexibility index (Phi) is 3.23. The van der Waals surface area contributed by atoms with Crippen molar-refractivity contribution in [3.63, 3.8) is 0 Å². The van der Waals surface area contributed by atoms with Gasteiger partial charge in [0.2, 0.25) is 0 Å². The SMILES string of the molecule is CCC1CCCC(c2noc(NC)n2)C1. The van der Waals surface area contributed by atoms with Gasteiger partial charge in [-0.1, -0.05) is 31.3 Å². The van der Waals surface area contributed by atoms with E-state index in [-0.39, 0.29) is 0 Å². The van der Waals surface area contributed by atoms with Crippen LogP contribution in [0.3, 0.4) is 0 Å². The number of anilines is 1. The second-order valence-electron chi connectivity index (χ2n) is 4.35. The van der Waals surface area contributed by atoms with Gasteiger partial charge in [0.15, 0.2) is 5.82 Å². The molecule has 2 unspecified atom stereocenters. The average molecular weight is 209 g/mol. The molecule has 1 fully saturated rings. The highest BCUT2D eigenvalue weighted by atomic mass is 16.5. The van der Waals surface area contributed by atoms with Crippen molar-refractivity contribution >= 4 is 6.01 Å². The molecule has 15 heavy (non-hydrogen) atoms. The number of rotatable bonds is 3. The second-order valence-corrected chi connectivity index (χ2v) is 4.35. The van der Waals surface area contributed by atoms with E-state index in [4.69, 9.17) is 4.52 Å². The topological polar surface area (TPSA) is 51.0 Å². The lowest BCUT2D eigenvalue weighted by Crippen LogP contribution is -2.14. The van der Waals surface area contributed by atoms with Crippen LogP contribution in [0.2, 0.25) is 0 Å². The Morgan fingerprint density at radius 2 is 2.33 bits per heavy atom. The Hall–Kier alpha value is -1.06. The zero-order chi connectivity index (χ0) is 10.7. The minimum Gasteiger partial charge on any atom is -0.341 e. The van der Waals surface area contributed by atoms with E-state index < -0.39 is 0 Å². The molecule has 0 saturated heterocycles. The highest BCUT2D eigenvalue weighted by Crippen LogP contribution is 2.36. The fourth-order valence-corrected chi connectivity index (χ4v) is 2.40. The molecule has 1 aromatic heterocycles. The van der Waals surface area contributed by atoms with E-state index in [2.05, 4.69) is 22.4 Å². The summed E-state index contributed by atoms with van der Waals surface area (Å²) < 4.78 is 5.06. The van der Waals surface area contributed by atoms with Gasteiger partial charge in [-0.2, -0.15) is 4.98 Å². The van der Waals surface area contributed by atoms with E-state index in [0.29, 0.717) is 11.9 Å². The maximum absolute atomic E-state index is 5.06. The van der Waals surface area contributed by atoms with E-state index in [1.807, 2.05) is 0 Å². The van der Waals surface area contributed by atoms with E-state index in [9.17, 15) is 0 Å².